The van der Waals surface area contributed by atoms with Gasteiger partial charge in [-0.05, 0) is 35.9 Å². The van der Waals surface area contributed by atoms with Gasteiger partial charge in [-0.3, -0.25) is 4.99 Å². The second-order valence-electron chi connectivity index (χ2n) is 4.35. The third-order valence-electron chi connectivity index (χ3n) is 2.68. The van der Waals surface area contributed by atoms with Crippen molar-refractivity contribution < 1.29 is 4.74 Å². The minimum atomic E-state index is 0.112. The maximum absolute atomic E-state index is 6.17. The number of ether oxygens (including phenoxy) is 1. The Morgan fingerprint density at radius 3 is 2.17 bits per heavy atom. The molecule has 0 aliphatic carbocycles. The fourth-order valence-electron chi connectivity index (χ4n) is 1.64. The lowest BCUT2D eigenvalue weighted by molar-refractivity contribution is 0.363. The molecular formula is C16H10Cl5NO. The van der Waals surface area contributed by atoms with E-state index in [0.29, 0.717) is 26.5 Å². The molecular weight excluding hydrogens is 399 g/mol. The summed E-state index contributed by atoms with van der Waals surface area (Å²) in [6.07, 6.45) is 3.18. The molecule has 0 atom stereocenters. The highest BCUT2D eigenvalue weighted by molar-refractivity contribution is 6.55. The predicted molar refractivity (Wildman–Crippen MR) is 100 cm³/mol. The van der Waals surface area contributed by atoms with Crippen LogP contribution in [0, 0.1) is 0 Å². The quantitative estimate of drug-likeness (QED) is 0.483. The van der Waals surface area contributed by atoms with Crippen LogP contribution < -0.4 is 4.74 Å². The number of hydrogen-bond donors (Lipinski definition) is 0. The van der Waals surface area contributed by atoms with Gasteiger partial charge in [0.05, 0.1) is 15.7 Å². The number of aliphatic imine (C=N–C) groups is 1. The Morgan fingerprint density at radius 2 is 1.61 bits per heavy atom. The molecule has 0 aliphatic rings. The van der Waals surface area contributed by atoms with Crippen LogP contribution >= 0.6 is 58.0 Å². The van der Waals surface area contributed by atoms with Crippen molar-refractivity contribution in [1.82, 2.24) is 0 Å². The molecule has 0 amide bonds. The van der Waals surface area contributed by atoms with Crippen LogP contribution in [0.3, 0.4) is 0 Å². The second kappa shape index (κ2) is 8.81. The molecule has 0 radical (unpaired) electrons. The van der Waals surface area contributed by atoms with Crippen molar-refractivity contribution in [3.05, 3.63) is 67.6 Å². The molecule has 0 aliphatic heterocycles. The molecule has 2 aromatic rings. The predicted octanol–water partition coefficient (Wildman–Crippen LogP) is 7.10. The Morgan fingerprint density at radius 1 is 1.00 bits per heavy atom. The van der Waals surface area contributed by atoms with E-state index in [1.54, 1.807) is 30.5 Å². The van der Waals surface area contributed by atoms with Gasteiger partial charge in [0, 0.05) is 11.2 Å². The maximum Gasteiger partial charge on any atom is 0.157 e. The summed E-state index contributed by atoms with van der Waals surface area (Å²) >= 11 is 29.2. The van der Waals surface area contributed by atoms with Crippen molar-refractivity contribution in [2.45, 2.75) is 0 Å². The zero-order chi connectivity index (χ0) is 16.8. The Labute approximate surface area is 159 Å². The van der Waals surface area contributed by atoms with Gasteiger partial charge >= 0.3 is 0 Å². The van der Waals surface area contributed by atoms with E-state index in [9.17, 15) is 0 Å². The van der Waals surface area contributed by atoms with Crippen molar-refractivity contribution in [3.63, 3.8) is 0 Å². The highest BCUT2D eigenvalue weighted by Gasteiger charge is 2.09. The molecule has 23 heavy (non-hydrogen) atoms. The van der Waals surface area contributed by atoms with E-state index in [1.165, 1.54) is 6.08 Å². The monoisotopic (exact) mass is 407 g/mol. The molecule has 0 saturated heterocycles. The van der Waals surface area contributed by atoms with E-state index in [2.05, 4.69) is 4.99 Å². The Kier molecular flexibility index (Phi) is 7.07. The molecule has 0 N–H and O–H groups in total. The first-order valence-corrected chi connectivity index (χ1v) is 8.27. The standard InChI is InChI=1S/C16H10Cl5NO/c17-11-3-1-10(2-4-11)9-22-12-7-13(18)16(14(19)8-12)23-6-5-15(20)21/h1-5,7-9H,6H2. The SMILES string of the molecule is ClC(Cl)=CCOc1c(Cl)cc(N=Cc2ccc(Cl)cc2)cc1Cl. The second-order valence-corrected chi connectivity index (χ2v) is 6.61. The van der Waals surface area contributed by atoms with Crippen molar-refractivity contribution in [2.24, 2.45) is 4.99 Å². The van der Waals surface area contributed by atoms with Crippen LogP contribution in [0.15, 0.2) is 52.0 Å². The van der Waals surface area contributed by atoms with Crippen molar-refractivity contribution in [3.8, 4) is 5.75 Å². The summed E-state index contributed by atoms with van der Waals surface area (Å²) in [7, 11) is 0. The van der Waals surface area contributed by atoms with E-state index in [4.69, 9.17) is 62.7 Å². The first-order chi connectivity index (χ1) is 11.0. The minimum absolute atomic E-state index is 0.112. The number of nitrogens with zero attached hydrogens (tertiary/aromatic N) is 1. The summed E-state index contributed by atoms with van der Waals surface area (Å²) in [5, 5.41) is 1.36. The van der Waals surface area contributed by atoms with E-state index in [-0.39, 0.29) is 11.1 Å². The lowest BCUT2D eigenvalue weighted by Gasteiger charge is -2.09. The molecule has 120 valence electrons. The molecule has 0 heterocycles. The van der Waals surface area contributed by atoms with E-state index in [1.807, 2.05) is 12.1 Å². The lowest BCUT2D eigenvalue weighted by atomic mass is 10.2. The number of benzene rings is 2. The van der Waals surface area contributed by atoms with Gasteiger partial charge in [-0.15, -0.1) is 0 Å². The summed E-state index contributed by atoms with van der Waals surface area (Å²) in [4.78, 5) is 4.33. The topological polar surface area (TPSA) is 21.6 Å². The van der Waals surface area contributed by atoms with E-state index < -0.39 is 0 Å². The molecule has 0 unspecified atom stereocenters. The average molecular weight is 410 g/mol. The molecule has 0 aromatic heterocycles. The third kappa shape index (κ3) is 5.91. The molecule has 2 aromatic carbocycles. The van der Waals surface area contributed by atoms with Gasteiger partial charge in [0.15, 0.2) is 5.75 Å². The zero-order valence-electron chi connectivity index (χ0n) is 11.6. The molecule has 2 rings (SSSR count). The van der Waals surface area contributed by atoms with Crippen LogP contribution in [0.4, 0.5) is 5.69 Å². The summed E-state index contributed by atoms with van der Waals surface area (Å²) in [6.45, 7) is 0.162. The molecule has 0 fully saturated rings. The van der Waals surface area contributed by atoms with Gasteiger partial charge in [0.1, 0.15) is 11.1 Å². The van der Waals surface area contributed by atoms with Crippen LogP contribution in [-0.2, 0) is 0 Å². The Bertz CT molecular complexity index is 714. The summed E-state index contributed by atoms with van der Waals surface area (Å²) in [5.74, 6) is 0.351. The maximum atomic E-state index is 6.17. The Hall–Kier alpha value is -0.900. The Balaban J connectivity index is 2.15. The molecule has 2 nitrogen and oxygen atoms in total. The van der Waals surface area contributed by atoms with Gasteiger partial charge in [0.2, 0.25) is 0 Å². The van der Waals surface area contributed by atoms with Crippen molar-refractivity contribution in [2.75, 3.05) is 6.61 Å². The largest absolute Gasteiger partial charge is 0.486 e. The summed E-state index contributed by atoms with van der Waals surface area (Å²) in [6, 6.07) is 10.6. The van der Waals surface area contributed by atoms with Crippen LogP contribution in [0.2, 0.25) is 15.1 Å². The summed E-state index contributed by atoms with van der Waals surface area (Å²) in [5.41, 5.74) is 1.51. The van der Waals surface area contributed by atoms with Crippen LogP contribution in [-0.4, -0.2) is 12.8 Å². The molecule has 0 bridgehead atoms. The number of rotatable bonds is 5. The van der Waals surface area contributed by atoms with E-state index in [0.717, 1.165) is 5.56 Å². The highest BCUT2D eigenvalue weighted by Crippen LogP contribution is 2.37. The van der Waals surface area contributed by atoms with Gasteiger partial charge in [-0.2, -0.15) is 0 Å². The zero-order valence-corrected chi connectivity index (χ0v) is 15.4. The molecule has 0 saturated carbocycles. The fraction of sp³-hybridized carbons (Fsp3) is 0.0625. The number of hydrogen-bond acceptors (Lipinski definition) is 2. The number of halogens is 5. The van der Waals surface area contributed by atoms with Gasteiger partial charge in [-0.25, -0.2) is 0 Å². The van der Waals surface area contributed by atoms with Crippen LogP contribution in [0.5, 0.6) is 5.75 Å². The van der Waals surface area contributed by atoms with Crippen molar-refractivity contribution in [1.29, 1.82) is 0 Å². The third-order valence-corrected chi connectivity index (χ3v) is 3.80. The highest BCUT2D eigenvalue weighted by atomic mass is 35.5. The fourth-order valence-corrected chi connectivity index (χ4v) is 2.48. The molecule has 7 heteroatoms. The van der Waals surface area contributed by atoms with E-state index >= 15 is 0 Å². The lowest BCUT2D eigenvalue weighted by Crippen LogP contribution is -1.95. The smallest absolute Gasteiger partial charge is 0.157 e. The van der Waals surface area contributed by atoms with Crippen LogP contribution in [0.25, 0.3) is 0 Å². The van der Waals surface area contributed by atoms with Crippen LogP contribution in [0.1, 0.15) is 5.56 Å². The molecule has 0 spiro atoms. The first-order valence-electron chi connectivity index (χ1n) is 6.38. The first kappa shape index (κ1) is 18.4. The van der Waals surface area contributed by atoms with Gasteiger partial charge < -0.3 is 4.74 Å². The van der Waals surface area contributed by atoms with Gasteiger partial charge in [-0.1, -0.05) is 70.1 Å². The van der Waals surface area contributed by atoms with Gasteiger partial charge in [0.25, 0.3) is 0 Å². The summed E-state index contributed by atoms with van der Waals surface area (Å²) < 4.78 is 5.55. The normalized spacial score (nSPS) is 10.8. The van der Waals surface area contributed by atoms with Crippen molar-refractivity contribution >= 4 is 69.9 Å². The average Bonchev–Trinajstić information content (AvgIpc) is 2.49. The minimum Gasteiger partial charge on any atom is -0.486 e.